The Morgan fingerprint density at radius 3 is 2.79 bits per heavy atom. The Bertz CT molecular complexity index is 971. The number of esters is 1. The summed E-state index contributed by atoms with van der Waals surface area (Å²) in [5, 5.41) is 0.437. The Kier molecular flexibility index (Phi) is 5.95. The third-order valence-corrected chi connectivity index (χ3v) is 6.10. The summed E-state index contributed by atoms with van der Waals surface area (Å²) in [5.41, 5.74) is 0.211. The van der Waals surface area contributed by atoms with Crippen LogP contribution in [0.3, 0.4) is 0 Å². The first-order chi connectivity index (χ1) is 13.2. The van der Waals surface area contributed by atoms with Crippen molar-refractivity contribution in [3.63, 3.8) is 0 Å². The van der Waals surface area contributed by atoms with E-state index in [-0.39, 0.29) is 17.5 Å². The highest BCUT2D eigenvalue weighted by Gasteiger charge is 2.25. The number of aromatic nitrogens is 1. The molecular formula is C20H23ClN2O4S. The van der Waals surface area contributed by atoms with Crippen LogP contribution in [-0.2, 0) is 21.5 Å². The SMILES string of the molecule is COc1ccc(Cl)cc1C(=O)/N=c1\sc(C(C)(C)C)cn1C[C@@H]1CCC(=O)O1. The second-order valence-electron chi connectivity index (χ2n) is 7.69. The molecule has 2 aromatic rings. The van der Waals surface area contributed by atoms with Crippen LogP contribution in [0.5, 0.6) is 5.75 Å². The fourth-order valence-electron chi connectivity index (χ4n) is 2.87. The van der Waals surface area contributed by atoms with Crippen LogP contribution >= 0.6 is 22.9 Å². The van der Waals surface area contributed by atoms with Crippen molar-refractivity contribution in [3.8, 4) is 5.75 Å². The van der Waals surface area contributed by atoms with Crippen molar-refractivity contribution in [2.24, 2.45) is 4.99 Å². The highest BCUT2D eigenvalue weighted by atomic mass is 35.5. The lowest BCUT2D eigenvalue weighted by molar-refractivity contribution is -0.141. The van der Waals surface area contributed by atoms with Crippen LogP contribution in [0.1, 0.15) is 48.8 Å². The second-order valence-corrected chi connectivity index (χ2v) is 9.14. The molecule has 0 spiro atoms. The van der Waals surface area contributed by atoms with Crippen molar-refractivity contribution >= 4 is 34.8 Å². The smallest absolute Gasteiger partial charge is 0.306 e. The average molecular weight is 423 g/mol. The lowest BCUT2D eigenvalue weighted by Gasteiger charge is -2.15. The van der Waals surface area contributed by atoms with E-state index in [9.17, 15) is 9.59 Å². The van der Waals surface area contributed by atoms with Gasteiger partial charge in [-0.2, -0.15) is 4.99 Å². The normalized spacial score (nSPS) is 17.7. The minimum Gasteiger partial charge on any atom is -0.496 e. The van der Waals surface area contributed by atoms with E-state index in [0.717, 1.165) is 4.88 Å². The van der Waals surface area contributed by atoms with Gasteiger partial charge in [-0.15, -0.1) is 11.3 Å². The molecule has 1 aromatic heterocycles. The number of amides is 1. The lowest BCUT2D eigenvalue weighted by atomic mass is 9.95. The number of ether oxygens (including phenoxy) is 2. The van der Waals surface area contributed by atoms with E-state index in [0.29, 0.717) is 40.5 Å². The van der Waals surface area contributed by atoms with Crippen LogP contribution in [0.4, 0.5) is 0 Å². The van der Waals surface area contributed by atoms with E-state index >= 15 is 0 Å². The Morgan fingerprint density at radius 2 is 2.18 bits per heavy atom. The molecular weight excluding hydrogens is 400 g/mol. The van der Waals surface area contributed by atoms with Crippen molar-refractivity contribution in [2.45, 2.75) is 51.7 Å². The van der Waals surface area contributed by atoms with Crippen LogP contribution in [0, 0.1) is 0 Å². The summed E-state index contributed by atoms with van der Waals surface area (Å²) in [7, 11) is 1.50. The molecule has 8 heteroatoms. The molecule has 0 N–H and O–H groups in total. The molecule has 150 valence electrons. The van der Waals surface area contributed by atoms with Crippen LogP contribution in [0.25, 0.3) is 0 Å². The molecule has 1 aliphatic rings. The van der Waals surface area contributed by atoms with Crippen molar-refractivity contribution < 1.29 is 19.1 Å². The van der Waals surface area contributed by atoms with Crippen molar-refractivity contribution in [1.82, 2.24) is 4.57 Å². The number of carbonyl (C=O) groups is 2. The molecule has 1 saturated heterocycles. The average Bonchev–Trinajstić information content (AvgIpc) is 3.21. The van der Waals surface area contributed by atoms with E-state index < -0.39 is 5.91 Å². The molecule has 0 unspecified atom stereocenters. The van der Waals surface area contributed by atoms with Crippen LogP contribution < -0.4 is 9.54 Å². The molecule has 6 nitrogen and oxygen atoms in total. The van der Waals surface area contributed by atoms with Gasteiger partial charge >= 0.3 is 5.97 Å². The molecule has 1 aromatic carbocycles. The largest absolute Gasteiger partial charge is 0.496 e. The maximum atomic E-state index is 12.8. The van der Waals surface area contributed by atoms with Gasteiger partial charge < -0.3 is 14.0 Å². The van der Waals surface area contributed by atoms with Gasteiger partial charge in [0.05, 0.1) is 19.2 Å². The molecule has 1 amide bonds. The summed E-state index contributed by atoms with van der Waals surface area (Å²) in [5.74, 6) is -0.198. The van der Waals surface area contributed by atoms with E-state index in [1.165, 1.54) is 18.4 Å². The summed E-state index contributed by atoms with van der Waals surface area (Å²) >= 11 is 7.50. The first-order valence-electron chi connectivity index (χ1n) is 9.00. The number of rotatable bonds is 4. The predicted octanol–water partition coefficient (Wildman–Crippen LogP) is 3.96. The Hall–Kier alpha value is -2.12. The van der Waals surface area contributed by atoms with Crippen molar-refractivity contribution in [2.75, 3.05) is 7.11 Å². The Balaban J connectivity index is 2.01. The number of thiazole rings is 1. The standard InChI is InChI=1S/C20H23ClN2O4S/c1-20(2,3)16-11-23(10-13-6-8-17(24)27-13)19(28-16)22-18(25)14-9-12(21)5-7-15(14)26-4/h5,7,9,11,13H,6,8,10H2,1-4H3/b22-19-/t13-/m0/s1. The van der Waals surface area contributed by atoms with Gasteiger partial charge in [0.25, 0.3) is 5.91 Å². The predicted molar refractivity (Wildman–Crippen MR) is 108 cm³/mol. The maximum absolute atomic E-state index is 12.8. The van der Waals surface area contributed by atoms with Gasteiger partial charge in [0.15, 0.2) is 4.80 Å². The number of hydrogen-bond acceptors (Lipinski definition) is 5. The third kappa shape index (κ3) is 4.64. The van der Waals surface area contributed by atoms with Crippen molar-refractivity contribution in [3.05, 3.63) is 44.7 Å². The van der Waals surface area contributed by atoms with Gasteiger partial charge in [-0.25, -0.2) is 0 Å². The van der Waals surface area contributed by atoms with Crippen molar-refractivity contribution in [1.29, 1.82) is 0 Å². The molecule has 2 heterocycles. The second kappa shape index (κ2) is 8.09. The molecule has 28 heavy (non-hydrogen) atoms. The molecule has 1 fully saturated rings. The van der Waals surface area contributed by atoms with Gasteiger partial charge in [0, 0.05) is 22.5 Å². The van der Waals surface area contributed by atoms with Gasteiger partial charge in [-0.1, -0.05) is 32.4 Å². The Morgan fingerprint density at radius 1 is 1.43 bits per heavy atom. The lowest BCUT2D eigenvalue weighted by Crippen LogP contribution is -2.24. The number of cyclic esters (lactones) is 1. The summed E-state index contributed by atoms with van der Waals surface area (Å²) < 4.78 is 12.5. The van der Waals surface area contributed by atoms with E-state index in [4.69, 9.17) is 21.1 Å². The minimum atomic E-state index is -0.432. The fourth-order valence-corrected chi connectivity index (χ4v) is 4.10. The highest BCUT2D eigenvalue weighted by Crippen LogP contribution is 2.26. The quantitative estimate of drug-likeness (QED) is 0.699. The fraction of sp³-hybridized carbons (Fsp3) is 0.450. The number of hydrogen-bond donors (Lipinski definition) is 0. The molecule has 1 aliphatic heterocycles. The summed E-state index contributed by atoms with van der Waals surface area (Å²) in [6.45, 7) is 6.77. The van der Waals surface area contributed by atoms with Gasteiger partial charge in [-0.3, -0.25) is 9.59 Å². The molecule has 3 rings (SSSR count). The zero-order valence-electron chi connectivity index (χ0n) is 16.3. The molecule has 0 bridgehead atoms. The first-order valence-corrected chi connectivity index (χ1v) is 10.2. The van der Waals surface area contributed by atoms with Crippen LogP contribution in [0.15, 0.2) is 29.4 Å². The summed E-state index contributed by atoms with van der Waals surface area (Å²) in [6, 6.07) is 4.86. The molecule has 0 saturated carbocycles. The number of benzene rings is 1. The zero-order chi connectivity index (χ0) is 20.5. The summed E-state index contributed by atoms with van der Waals surface area (Å²) in [6.07, 6.45) is 2.87. The molecule has 0 radical (unpaired) electrons. The van der Waals surface area contributed by atoms with Gasteiger partial charge in [0.1, 0.15) is 11.9 Å². The van der Waals surface area contributed by atoms with Gasteiger partial charge in [-0.05, 0) is 30.0 Å². The van der Waals surface area contributed by atoms with E-state index in [1.807, 2.05) is 10.8 Å². The monoisotopic (exact) mass is 422 g/mol. The van der Waals surface area contributed by atoms with Crippen LogP contribution in [0.2, 0.25) is 5.02 Å². The molecule has 1 atom stereocenters. The highest BCUT2D eigenvalue weighted by molar-refractivity contribution is 7.09. The number of methoxy groups -OCH3 is 1. The maximum Gasteiger partial charge on any atom is 0.306 e. The van der Waals surface area contributed by atoms with E-state index in [2.05, 4.69) is 25.8 Å². The summed E-state index contributed by atoms with van der Waals surface area (Å²) in [4.78, 5) is 30.3. The minimum absolute atomic E-state index is 0.0939. The zero-order valence-corrected chi connectivity index (χ0v) is 17.9. The number of carbonyl (C=O) groups excluding carboxylic acids is 2. The van der Waals surface area contributed by atoms with Gasteiger partial charge in [0.2, 0.25) is 0 Å². The topological polar surface area (TPSA) is 69.9 Å². The Labute approximate surface area is 172 Å². The first kappa shape index (κ1) is 20.6. The third-order valence-electron chi connectivity index (χ3n) is 4.42. The molecule has 0 aliphatic carbocycles. The number of nitrogens with zero attached hydrogens (tertiary/aromatic N) is 2. The van der Waals surface area contributed by atoms with E-state index in [1.54, 1.807) is 18.2 Å². The van der Waals surface area contributed by atoms with Crippen LogP contribution in [-0.4, -0.2) is 29.7 Å². The number of halogens is 1.